The first kappa shape index (κ1) is 16.5. The van der Waals surface area contributed by atoms with Crippen molar-refractivity contribution in [2.24, 2.45) is 0 Å². The standard InChI is InChI=1S/C19H29N3O/c1-21-13-9-18(10-14-21)22(2)19(23)17-5-3-15(4-6-17)16-7-11-20-12-8-16/h3-6,16,18,20H,7-14H2,1-2H3. The summed E-state index contributed by atoms with van der Waals surface area (Å²) in [6.45, 7) is 4.36. The fourth-order valence-electron chi connectivity index (χ4n) is 3.80. The van der Waals surface area contributed by atoms with Crippen LogP contribution in [-0.4, -0.2) is 62.0 Å². The normalized spacial score (nSPS) is 21.3. The van der Waals surface area contributed by atoms with Crippen LogP contribution in [0.3, 0.4) is 0 Å². The third-order valence-corrected chi connectivity index (χ3v) is 5.52. The molecule has 0 bridgehead atoms. The fraction of sp³-hybridized carbons (Fsp3) is 0.632. The number of amides is 1. The maximum atomic E-state index is 12.7. The number of hydrogen-bond acceptors (Lipinski definition) is 3. The van der Waals surface area contributed by atoms with Gasteiger partial charge in [-0.2, -0.15) is 0 Å². The molecule has 0 aromatic heterocycles. The highest BCUT2D eigenvalue weighted by molar-refractivity contribution is 5.94. The molecule has 2 aliphatic heterocycles. The highest BCUT2D eigenvalue weighted by atomic mass is 16.2. The van der Waals surface area contributed by atoms with Crippen LogP contribution in [0.1, 0.15) is 47.5 Å². The maximum Gasteiger partial charge on any atom is 0.253 e. The highest BCUT2D eigenvalue weighted by Crippen LogP contribution is 2.25. The van der Waals surface area contributed by atoms with E-state index in [4.69, 9.17) is 0 Å². The van der Waals surface area contributed by atoms with Crippen molar-refractivity contribution in [3.63, 3.8) is 0 Å². The Morgan fingerprint density at radius 3 is 2.30 bits per heavy atom. The van der Waals surface area contributed by atoms with Gasteiger partial charge < -0.3 is 15.1 Å². The summed E-state index contributed by atoms with van der Waals surface area (Å²) in [5.41, 5.74) is 2.20. The minimum Gasteiger partial charge on any atom is -0.339 e. The Morgan fingerprint density at radius 1 is 1.09 bits per heavy atom. The van der Waals surface area contributed by atoms with E-state index in [0.717, 1.165) is 44.6 Å². The topological polar surface area (TPSA) is 35.6 Å². The summed E-state index contributed by atoms with van der Waals surface area (Å²) in [7, 11) is 4.11. The Labute approximate surface area is 139 Å². The molecule has 2 aliphatic rings. The molecule has 4 heteroatoms. The average Bonchev–Trinajstić information content (AvgIpc) is 2.62. The first-order valence-corrected chi connectivity index (χ1v) is 8.91. The molecule has 0 saturated carbocycles. The number of rotatable bonds is 3. The van der Waals surface area contributed by atoms with Crippen molar-refractivity contribution < 1.29 is 4.79 Å². The lowest BCUT2D eigenvalue weighted by Gasteiger charge is -2.35. The van der Waals surface area contributed by atoms with Gasteiger partial charge in [-0.3, -0.25) is 4.79 Å². The lowest BCUT2D eigenvalue weighted by atomic mass is 9.90. The van der Waals surface area contributed by atoms with Crippen LogP contribution in [0.4, 0.5) is 0 Å². The van der Waals surface area contributed by atoms with Crippen LogP contribution >= 0.6 is 0 Å². The molecular weight excluding hydrogens is 286 g/mol. The van der Waals surface area contributed by atoms with Crippen LogP contribution in [0, 0.1) is 0 Å². The molecule has 0 radical (unpaired) electrons. The largest absolute Gasteiger partial charge is 0.339 e. The zero-order chi connectivity index (χ0) is 16.2. The average molecular weight is 315 g/mol. The van der Waals surface area contributed by atoms with E-state index in [0.29, 0.717) is 12.0 Å². The second-order valence-electron chi connectivity index (χ2n) is 7.10. The lowest BCUT2D eigenvalue weighted by molar-refractivity contribution is 0.0659. The predicted octanol–water partition coefficient (Wildman–Crippen LogP) is 2.32. The van der Waals surface area contributed by atoms with Crippen LogP contribution in [0.15, 0.2) is 24.3 Å². The van der Waals surface area contributed by atoms with Crippen molar-refractivity contribution in [3.05, 3.63) is 35.4 Å². The molecule has 1 aromatic carbocycles. The van der Waals surface area contributed by atoms with Crippen molar-refractivity contribution in [2.75, 3.05) is 40.3 Å². The zero-order valence-electron chi connectivity index (χ0n) is 14.4. The summed E-state index contributed by atoms with van der Waals surface area (Å²) in [5.74, 6) is 0.809. The van der Waals surface area contributed by atoms with Crippen LogP contribution in [-0.2, 0) is 0 Å². The number of nitrogens with one attached hydrogen (secondary N) is 1. The Morgan fingerprint density at radius 2 is 1.70 bits per heavy atom. The summed E-state index contributed by atoms with van der Waals surface area (Å²) >= 11 is 0. The van der Waals surface area contributed by atoms with E-state index >= 15 is 0 Å². The van der Waals surface area contributed by atoms with Crippen molar-refractivity contribution in [2.45, 2.75) is 37.6 Å². The molecule has 0 unspecified atom stereocenters. The lowest BCUT2D eigenvalue weighted by Crippen LogP contribution is -2.44. The molecule has 0 atom stereocenters. The Hall–Kier alpha value is -1.39. The molecular formula is C19H29N3O. The molecule has 1 amide bonds. The summed E-state index contributed by atoms with van der Waals surface area (Å²) in [6.07, 6.45) is 4.55. The van der Waals surface area contributed by atoms with E-state index in [-0.39, 0.29) is 5.91 Å². The van der Waals surface area contributed by atoms with E-state index in [1.165, 1.54) is 18.4 Å². The molecule has 1 aromatic rings. The molecule has 0 spiro atoms. The number of hydrogen-bond donors (Lipinski definition) is 1. The minimum absolute atomic E-state index is 0.163. The molecule has 3 rings (SSSR count). The minimum atomic E-state index is 0.163. The number of benzene rings is 1. The summed E-state index contributed by atoms with van der Waals surface area (Å²) in [5, 5.41) is 3.40. The Kier molecular flexibility index (Phi) is 5.34. The van der Waals surface area contributed by atoms with Gasteiger partial charge in [-0.25, -0.2) is 0 Å². The van der Waals surface area contributed by atoms with Gasteiger partial charge in [0.1, 0.15) is 0 Å². The van der Waals surface area contributed by atoms with E-state index in [1.54, 1.807) is 0 Å². The maximum absolute atomic E-state index is 12.7. The van der Waals surface area contributed by atoms with Crippen LogP contribution in [0.25, 0.3) is 0 Å². The number of carbonyl (C=O) groups excluding carboxylic acids is 1. The van der Waals surface area contributed by atoms with Gasteiger partial charge in [-0.05, 0) is 82.5 Å². The molecule has 4 nitrogen and oxygen atoms in total. The number of nitrogens with zero attached hydrogens (tertiary/aromatic N) is 2. The van der Waals surface area contributed by atoms with E-state index in [2.05, 4.69) is 29.4 Å². The van der Waals surface area contributed by atoms with E-state index in [9.17, 15) is 4.79 Å². The van der Waals surface area contributed by atoms with Crippen LogP contribution in [0.5, 0.6) is 0 Å². The first-order valence-electron chi connectivity index (χ1n) is 8.91. The molecule has 126 valence electrons. The third kappa shape index (κ3) is 3.93. The summed E-state index contributed by atoms with van der Waals surface area (Å²) in [4.78, 5) is 17.0. The zero-order valence-corrected chi connectivity index (χ0v) is 14.4. The van der Waals surface area contributed by atoms with Gasteiger partial charge in [0.15, 0.2) is 0 Å². The van der Waals surface area contributed by atoms with Gasteiger partial charge in [0.25, 0.3) is 5.91 Å². The quantitative estimate of drug-likeness (QED) is 0.930. The first-order chi connectivity index (χ1) is 11.1. The molecule has 23 heavy (non-hydrogen) atoms. The smallest absolute Gasteiger partial charge is 0.253 e. The van der Waals surface area contributed by atoms with Crippen LogP contribution in [0.2, 0.25) is 0 Å². The van der Waals surface area contributed by atoms with E-state index < -0.39 is 0 Å². The predicted molar refractivity (Wildman–Crippen MR) is 93.9 cm³/mol. The molecule has 0 aliphatic carbocycles. The molecule has 1 N–H and O–H groups in total. The molecule has 2 heterocycles. The number of piperidine rings is 2. The summed E-state index contributed by atoms with van der Waals surface area (Å²) < 4.78 is 0. The SMILES string of the molecule is CN1CCC(N(C)C(=O)c2ccc(C3CCNCC3)cc2)CC1. The third-order valence-electron chi connectivity index (χ3n) is 5.52. The molecule has 2 fully saturated rings. The fourth-order valence-corrected chi connectivity index (χ4v) is 3.80. The summed E-state index contributed by atoms with van der Waals surface area (Å²) in [6, 6.07) is 8.73. The van der Waals surface area contributed by atoms with Gasteiger partial charge in [0, 0.05) is 18.7 Å². The van der Waals surface area contributed by atoms with Gasteiger partial charge in [0.05, 0.1) is 0 Å². The van der Waals surface area contributed by atoms with Gasteiger partial charge >= 0.3 is 0 Å². The Balaban J connectivity index is 1.62. The van der Waals surface area contributed by atoms with Crippen molar-refractivity contribution in [1.29, 1.82) is 0 Å². The van der Waals surface area contributed by atoms with Gasteiger partial charge in [-0.15, -0.1) is 0 Å². The monoisotopic (exact) mass is 315 g/mol. The highest BCUT2D eigenvalue weighted by Gasteiger charge is 2.25. The molecule has 2 saturated heterocycles. The van der Waals surface area contributed by atoms with Crippen molar-refractivity contribution >= 4 is 5.91 Å². The second-order valence-corrected chi connectivity index (χ2v) is 7.10. The van der Waals surface area contributed by atoms with Crippen LogP contribution < -0.4 is 5.32 Å². The number of carbonyl (C=O) groups is 1. The van der Waals surface area contributed by atoms with E-state index in [1.807, 2.05) is 24.1 Å². The second kappa shape index (κ2) is 7.45. The number of likely N-dealkylation sites (tertiary alicyclic amines) is 1. The van der Waals surface area contributed by atoms with Gasteiger partial charge in [0.2, 0.25) is 0 Å². The van der Waals surface area contributed by atoms with Crippen molar-refractivity contribution in [3.8, 4) is 0 Å². The van der Waals surface area contributed by atoms with Gasteiger partial charge in [-0.1, -0.05) is 12.1 Å². The van der Waals surface area contributed by atoms with Crippen molar-refractivity contribution in [1.82, 2.24) is 15.1 Å². The Bertz CT molecular complexity index is 514.